The van der Waals surface area contributed by atoms with Gasteiger partial charge in [0.05, 0.1) is 0 Å². The molecule has 0 unspecified atom stereocenters. The van der Waals surface area contributed by atoms with Gasteiger partial charge in [0.1, 0.15) is 11.6 Å². The maximum Gasteiger partial charge on any atom is 0.127 e. The maximum atomic E-state index is 12.3. The minimum absolute atomic E-state index is 0.0208. The molecule has 1 nitrogen and oxygen atoms in total. The zero-order valence-corrected chi connectivity index (χ0v) is 9.06. The van der Waals surface area contributed by atoms with Crippen LogP contribution in [0.2, 0.25) is 0 Å². The van der Waals surface area contributed by atoms with Gasteiger partial charge in [0, 0.05) is 6.07 Å². The fraction of sp³-hybridized carbons (Fsp3) is 0.455. The van der Waals surface area contributed by atoms with Crippen LogP contribution < -0.4 is 0 Å². The van der Waals surface area contributed by atoms with Crippen molar-refractivity contribution in [2.75, 3.05) is 0 Å². The largest absolute Gasteiger partial charge is 0.508 e. The first-order valence-electron chi connectivity index (χ1n) is 4.64. The molecule has 2 heteroatoms. The minimum atomic E-state index is -0.396. The smallest absolute Gasteiger partial charge is 0.127 e. The van der Waals surface area contributed by atoms with E-state index in [1.54, 1.807) is 6.92 Å². The molecule has 0 aliphatic carbocycles. The summed E-state index contributed by atoms with van der Waals surface area (Å²) in [6.07, 6.45) is 0. The molecule has 13 heavy (non-hydrogen) atoms. The SMILES string of the molecule is CC.CC.Cc1cc(O)cc(F)c1. The van der Waals surface area contributed by atoms with Crippen molar-refractivity contribution >= 4 is 0 Å². The third-order valence-corrected chi connectivity index (χ3v) is 1.03. The first kappa shape index (κ1) is 14.5. The predicted octanol–water partition coefficient (Wildman–Crippen LogP) is 3.89. The first-order chi connectivity index (χ1) is 6.18. The number of benzene rings is 1. The predicted molar refractivity (Wildman–Crippen MR) is 55.5 cm³/mol. The fourth-order valence-corrected chi connectivity index (χ4v) is 0.717. The molecule has 0 bridgehead atoms. The van der Waals surface area contributed by atoms with Gasteiger partial charge in [-0.15, -0.1) is 0 Å². The molecular formula is C11H19FO. The molecule has 76 valence electrons. The third-order valence-electron chi connectivity index (χ3n) is 1.03. The van der Waals surface area contributed by atoms with E-state index in [2.05, 4.69) is 0 Å². The standard InChI is InChI=1S/C7H7FO.2C2H6/c1-5-2-6(8)4-7(9)3-5;2*1-2/h2-4,9H,1H3;2*1-2H3. The molecular weight excluding hydrogens is 167 g/mol. The summed E-state index contributed by atoms with van der Waals surface area (Å²) in [6, 6.07) is 3.94. The van der Waals surface area contributed by atoms with E-state index in [0.29, 0.717) is 0 Å². The van der Waals surface area contributed by atoms with E-state index in [0.717, 1.165) is 11.6 Å². The molecule has 0 saturated carbocycles. The second-order valence-corrected chi connectivity index (χ2v) is 1.99. The number of rotatable bonds is 0. The van der Waals surface area contributed by atoms with E-state index in [-0.39, 0.29) is 5.75 Å². The molecule has 1 aromatic rings. The second kappa shape index (κ2) is 9.04. The van der Waals surface area contributed by atoms with E-state index in [4.69, 9.17) is 5.11 Å². The lowest BCUT2D eigenvalue weighted by molar-refractivity contribution is 0.468. The molecule has 0 fully saturated rings. The number of halogens is 1. The summed E-state index contributed by atoms with van der Waals surface area (Å²) >= 11 is 0. The van der Waals surface area contributed by atoms with Crippen molar-refractivity contribution in [2.24, 2.45) is 0 Å². The van der Waals surface area contributed by atoms with Gasteiger partial charge in [-0.25, -0.2) is 4.39 Å². The molecule has 1 aromatic carbocycles. The van der Waals surface area contributed by atoms with Crippen LogP contribution in [0.3, 0.4) is 0 Å². The summed E-state index contributed by atoms with van der Waals surface area (Å²) < 4.78 is 12.3. The second-order valence-electron chi connectivity index (χ2n) is 1.99. The monoisotopic (exact) mass is 186 g/mol. The van der Waals surface area contributed by atoms with Gasteiger partial charge in [-0.2, -0.15) is 0 Å². The number of phenolic OH excluding ortho intramolecular Hbond substituents is 1. The molecule has 0 atom stereocenters. The Morgan fingerprint density at radius 2 is 1.46 bits per heavy atom. The van der Waals surface area contributed by atoms with E-state index in [1.165, 1.54) is 12.1 Å². The van der Waals surface area contributed by atoms with Gasteiger partial charge in [-0.1, -0.05) is 27.7 Å². The van der Waals surface area contributed by atoms with Crippen LogP contribution in [0.15, 0.2) is 18.2 Å². The summed E-state index contributed by atoms with van der Waals surface area (Å²) in [5, 5.41) is 8.75. The van der Waals surface area contributed by atoms with Crippen molar-refractivity contribution in [1.82, 2.24) is 0 Å². The van der Waals surface area contributed by atoms with Crippen molar-refractivity contribution in [1.29, 1.82) is 0 Å². The maximum absolute atomic E-state index is 12.3. The summed E-state index contributed by atoms with van der Waals surface area (Å²) in [4.78, 5) is 0. The lowest BCUT2D eigenvalue weighted by atomic mass is 10.2. The summed E-state index contributed by atoms with van der Waals surface area (Å²) in [5.74, 6) is -0.417. The Hall–Kier alpha value is -1.05. The highest BCUT2D eigenvalue weighted by atomic mass is 19.1. The van der Waals surface area contributed by atoms with Crippen molar-refractivity contribution in [2.45, 2.75) is 34.6 Å². The highest BCUT2D eigenvalue weighted by molar-refractivity contribution is 5.26. The molecule has 0 spiro atoms. The topological polar surface area (TPSA) is 20.2 Å². The number of aromatic hydroxyl groups is 1. The Bertz CT molecular complexity index is 171. The van der Waals surface area contributed by atoms with Gasteiger partial charge in [-0.3, -0.25) is 0 Å². The van der Waals surface area contributed by atoms with E-state index >= 15 is 0 Å². The van der Waals surface area contributed by atoms with Crippen LogP contribution in [0.25, 0.3) is 0 Å². The Labute approximate surface area is 80.2 Å². The van der Waals surface area contributed by atoms with Crippen LogP contribution in [-0.2, 0) is 0 Å². The van der Waals surface area contributed by atoms with Gasteiger partial charge in [-0.05, 0) is 24.6 Å². The Morgan fingerprint density at radius 1 is 1.00 bits per heavy atom. The Morgan fingerprint density at radius 3 is 1.77 bits per heavy atom. The van der Waals surface area contributed by atoms with Gasteiger partial charge in [0.2, 0.25) is 0 Å². The van der Waals surface area contributed by atoms with Crippen molar-refractivity contribution in [3.8, 4) is 5.75 Å². The average molecular weight is 186 g/mol. The summed E-state index contributed by atoms with van der Waals surface area (Å²) in [6.45, 7) is 9.72. The van der Waals surface area contributed by atoms with Crippen molar-refractivity contribution < 1.29 is 9.50 Å². The minimum Gasteiger partial charge on any atom is -0.508 e. The van der Waals surface area contributed by atoms with Crippen LogP contribution in [0.5, 0.6) is 5.75 Å². The molecule has 1 N–H and O–H groups in total. The molecule has 0 saturated heterocycles. The van der Waals surface area contributed by atoms with Crippen LogP contribution in [0.4, 0.5) is 4.39 Å². The average Bonchev–Trinajstić information content (AvgIpc) is 2.09. The molecule has 1 rings (SSSR count). The number of phenols is 1. The number of hydrogen-bond acceptors (Lipinski definition) is 1. The molecule has 0 aliphatic heterocycles. The van der Waals surface area contributed by atoms with E-state index < -0.39 is 5.82 Å². The summed E-state index contributed by atoms with van der Waals surface area (Å²) in [5.41, 5.74) is 0.729. The zero-order chi connectivity index (χ0) is 10.9. The highest BCUT2D eigenvalue weighted by Crippen LogP contribution is 2.12. The highest BCUT2D eigenvalue weighted by Gasteiger charge is 1.92. The van der Waals surface area contributed by atoms with Crippen molar-refractivity contribution in [3.05, 3.63) is 29.6 Å². The molecule has 0 radical (unpaired) electrons. The fourth-order valence-electron chi connectivity index (χ4n) is 0.717. The lowest BCUT2D eigenvalue weighted by Crippen LogP contribution is -1.75. The van der Waals surface area contributed by atoms with Gasteiger partial charge in [0.15, 0.2) is 0 Å². The summed E-state index contributed by atoms with van der Waals surface area (Å²) in [7, 11) is 0. The van der Waals surface area contributed by atoms with Gasteiger partial charge in [0.25, 0.3) is 0 Å². The van der Waals surface area contributed by atoms with Gasteiger partial charge >= 0.3 is 0 Å². The van der Waals surface area contributed by atoms with Gasteiger partial charge < -0.3 is 5.11 Å². The quantitative estimate of drug-likeness (QED) is 0.651. The Kier molecular flexibility index (Phi) is 10.1. The zero-order valence-electron chi connectivity index (χ0n) is 9.06. The molecule has 0 aliphatic rings. The van der Waals surface area contributed by atoms with E-state index in [1.807, 2.05) is 27.7 Å². The molecule has 0 heterocycles. The van der Waals surface area contributed by atoms with Crippen molar-refractivity contribution in [3.63, 3.8) is 0 Å². The van der Waals surface area contributed by atoms with E-state index in [9.17, 15) is 4.39 Å². The van der Waals surface area contributed by atoms with Crippen LogP contribution in [0.1, 0.15) is 33.3 Å². The van der Waals surface area contributed by atoms with Crippen LogP contribution in [0, 0.1) is 12.7 Å². The molecule has 0 amide bonds. The number of aryl methyl sites for hydroxylation is 1. The normalized spacial score (nSPS) is 7.54. The Balaban J connectivity index is 0. The van der Waals surface area contributed by atoms with Crippen LogP contribution in [-0.4, -0.2) is 5.11 Å². The molecule has 0 aromatic heterocycles. The first-order valence-corrected chi connectivity index (χ1v) is 4.64. The van der Waals surface area contributed by atoms with Crippen LogP contribution >= 0.6 is 0 Å². The number of hydrogen-bond donors (Lipinski definition) is 1. The third kappa shape index (κ3) is 7.32. The lowest BCUT2D eigenvalue weighted by Gasteiger charge is -1.93.